The zero-order chi connectivity index (χ0) is 14.8. The zero-order valence-corrected chi connectivity index (χ0v) is 11.8. The molecule has 7 heteroatoms. The van der Waals surface area contributed by atoms with E-state index >= 15 is 0 Å². The highest BCUT2D eigenvalue weighted by atomic mass is 32.2. The van der Waals surface area contributed by atoms with Gasteiger partial charge >= 0.3 is 0 Å². The Morgan fingerprint density at radius 2 is 1.89 bits per heavy atom. The van der Waals surface area contributed by atoms with E-state index in [0.717, 1.165) is 12.1 Å². The highest BCUT2D eigenvalue weighted by molar-refractivity contribution is 7.89. The van der Waals surface area contributed by atoms with Crippen LogP contribution in [0.4, 0.5) is 4.39 Å². The molecule has 1 atom stereocenters. The molecule has 106 valence electrons. The Bertz CT molecular complexity index is 585. The fourth-order valence-corrected chi connectivity index (χ4v) is 1.95. The number of halogens is 1. The van der Waals surface area contributed by atoms with Gasteiger partial charge < -0.3 is 5.32 Å². The van der Waals surface area contributed by atoms with Crippen LogP contribution in [0.5, 0.6) is 0 Å². The first kappa shape index (κ1) is 15.6. The summed E-state index contributed by atoms with van der Waals surface area (Å²) in [6, 6.07) is 2.98. The van der Waals surface area contributed by atoms with Gasteiger partial charge in [0, 0.05) is 11.6 Å². The Balaban J connectivity index is 3.07. The molecular weight excluding hydrogens is 271 g/mol. The molecule has 0 aliphatic rings. The Morgan fingerprint density at radius 1 is 1.32 bits per heavy atom. The molecule has 0 saturated carbocycles. The van der Waals surface area contributed by atoms with Crippen molar-refractivity contribution in [2.45, 2.75) is 31.7 Å². The maximum Gasteiger partial charge on any atom is 0.251 e. The molecule has 0 spiro atoms. The van der Waals surface area contributed by atoms with Crippen molar-refractivity contribution in [2.24, 2.45) is 11.1 Å². The SMILES string of the molecule is CC(C)C(C)NC(=O)c1ccc(F)c(S(N)(=O)=O)c1. The van der Waals surface area contributed by atoms with Gasteiger partial charge in [0.1, 0.15) is 10.7 Å². The molecular formula is C12H17FN2O3S. The maximum absolute atomic E-state index is 13.3. The molecule has 0 fully saturated rings. The third-order valence-corrected chi connectivity index (χ3v) is 3.78. The van der Waals surface area contributed by atoms with Gasteiger partial charge in [-0.15, -0.1) is 0 Å². The molecule has 1 aromatic carbocycles. The van der Waals surface area contributed by atoms with Crippen molar-refractivity contribution in [2.75, 3.05) is 0 Å². The Hall–Kier alpha value is -1.47. The molecule has 0 aromatic heterocycles. The highest BCUT2D eigenvalue weighted by Gasteiger charge is 2.18. The summed E-state index contributed by atoms with van der Waals surface area (Å²) in [5, 5.41) is 7.57. The summed E-state index contributed by atoms with van der Waals surface area (Å²) >= 11 is 0. The second-order valence-electron chi connectivity index (χ2n) is 4.70. The van der Waals surface area contributed by atoms with Crippen LogP contribution in [0.1, 0.15) is 31.1 Å². The summed E-state index contributed by atoms with van der Waals surface area (Å²) in [6.07, 6.45) is 0. The van der Waals surface area contributed by atoms with Crippen LogP contribution >= 0.6 is 0 Å². The summed E-state index contributed by atoms with van der Waals surface area (Å²) in [5.74, 6) is -1.22. The monoisotopic (exact) mass is 288 g/mol. The van der Waals surface area contributed by atoms with E-state index in [4.69, 9.17) is 5.14 Å². The summed E-state index contributed by atoms with van der Waals surface area (Å²) < 4.78 is 35.7. The molecule has 5 nitrogen and oxygen atoms in total. The standard InChI is InChI=1S/C12H17FN2O3S/c1-7(2)8(3)15-12(16)9-4-5-10(13)11(6-9)19(14,17)18/h4-8H,1-3H3,(H,15,16)(H2,14,17,18). The molecule has 0 aliphatic heterocycles. The number of primary sulfonamides is 1. The van der Waals surface area contributed by atoms with Gasteiger partial charge in [0.25, 0.3) is 5.91 Å². The van der Waals surface area contributed by atoms with Crippen molar-refractivity contribution in [1.29, 1.82) is 0 Å². The van der Waals surface area contributed by atoms with Crippen LogP contribution in [0.25, 0.3) is 0 Å². The predicted octanol–water partition coefficient (Wildman–Crippen LogP) is 1.25. The molecule has 0 heterocycles. The topological polar surface area (TPSA) is 89.3 Å². The molecule has 1 unspecified atom stereocenters. The molecule has 3 N–H and O–H groups in total. The maximum atomic E-state index is 13.3. The second-order valence-corrected chi connectivity index (χ2v) is 6.23. The first-order chi connectivity index (χ1) is 8.62. The summed E-state index contributed by atoms with van der Waals surface area (Å²) in [5.41, 5.74) is 0.0536. The number of amides is 1. The predicted molar refractivity (Wildman–Crippen MR) is 69.5 cm³/mol. The van der Waals surface area contributed by atoms with Gasteiger partial charge in [-0.3, -0.25) is 4.79 Å². The largest absolute Gasteiger partial charge is 0.349 e. The lowest BCUT2D eigenvalue weighted by Gasteiger charge is -2.17. The van der Waals surface area contributed by atoms with Crippen molar-refractivity contribution >= 4 is 15.9 Å². The minimum atomic E-state index is -4.19. The average molecular weight is 288 g/mol. The van der Waals surface area contributed by atoms with Crippen LogP contribution in [0, 0.1) is 11.7 Å². The van der Waals surface area contributed by atoms with Crippen molar-refractivity contribution in [3.05, 3.63) is 29.6 Å². The van der Waals surface area contributed by atoms with Crippen LogP contribution < -0.4 is 10.5 Å². The number of carbonyl (C=O) groups is 1. The number of carbonyl (C=O) groups excluding carboxylic acids is 1. The van der Waals surface area contributed by atoms with Gasteiger partial charge in [-0.2, -0.15) is 0 Å². The highest BCUT2D eigenvalue weighted by Crippen LogP contribution is 2.15. The van der Waals surface area contributed by atoms with Crippen LogP contribution in [0.15, 0.2) is 23.1 Å². The number of hydrogen-bond donors (Lipinski definition) is 2. The van der Waals surface area contributed by atoms with Gasteiger partial charge in [-0.05, 0) is 31.0 Å². The summed E-state index contributed by atoms with van der Waals surface area (Å²) in [7, 11) is -4.19. The average Bonchev–Trinajstić information content (AvgIpc) is 2.27. The number of nitrogens with one attached hydrogen (secondary N) is 1. The molecule has 1 aromatic rings. The minimum Gasteiger partial charge on any atom is -0.349 e. The van der Waals surface area contributed by atoms with Gasteiger partial charge in [-0.25, -0.2) is 17.9 Å². The van der Waals surface area contributed by atoms with E-state index in [-0.39, 0.29) is 17.5 Å². The van der Waals surface area contributed by atoms with E-state index in [2.05, 4.69) is 5.32 Å². The van der Waals surface area contributed by atoms with E-state index in [1.807, 2.05) is 20.8 Å². The van der Waals surface area contributed by atoms with Crippen LogP contribution in [-0.2, 0) is 10.0 Å². The summed E-state index contributed by atoms with van der Waals surface area (Å²) in [4.78, 5) is 11.2. The van der Waals surface area contributed by atoms with Crippen LogP contribution in [-0.4, -0.2) is 20.4 Å². The number of hydrogen-bond acceptors (Lipinski definition) is 3. The van der Waals surface area contributed by atoms with Gasteiger partial charge in [0.2, 0.25) is 10.0 Å². The Labute approximate surface area is 112 Å². The zero-order valence-electron chi connectivity index (χ0n) is 11.0. The van der Waals surface area contributed by atoms with E-state index in [9.17, 15) is 17.6 Å². The smallest absolute Gasteiger partial charge is 0.251 e. The Kier molecular flexibility index (Phi) is 4.65. The number of benzene rings is 1. The van der Waals surface area contributed by atoms with Gasteiger partial charge in [0.05, 0.1) is 0 Å². The quantitative estimate of drug-likeness (QED) is 0.873. The van der Waals surface area contributed by atoms with Gasteiger partial charge in [0.15, 0.2) is 0 Å². The van der Waals surface area contributed by atoms with Crippen molar-refractivity contribution in [3.63, 3.8) is 0 Å². The normalized spacial score (nSPS) is 13.4. The van der Waals surface area contributed by atoms with E-state index in [1.54, 1.807) is 0 Å². The second kappa shape index (κ2) is 5.66. The first-order valence-electron chi connectivity index (χ1n) is 5.76. The van der Waals surface area contributed by atoms with E-state index in [1.165, 1.54) is 6.07 Å². The molecule has 19 heavy (non-hydrogen) atoms. The van der Waals surface area contributed by atoms with Crippen molar-refractivity contribution in [1.82, 2.24) is 5.32 Å². The molecule has 1 rings (SSSR count). The minimum absolute atomic E-state index is 0.0536. The lowest BCUT2D eigenvalue weighted by atomic mass is 10.1. The molecule has 0 radical (unpaired) electrons. The lowest BCUT2D eigenvalue weighted by Crippen LogP contribution is -2.36. The van der Waals surface area contributed by atoms with Crippen molar-refractivity contribution in [3.8, 4) is 0 Å². The van der Waals surface area contributed by atoms with E-state index < -0.39 is 26.6 Å². The number of rotatable bonds is 4. The van der Waals surface area contributed by atoms with Crippen LogP contribution in [0.3, 0.4) is 0 Å². The molecule has 0 bridgehead atoms. The number of nitrogens with two attached hydrogens (primary N) is 1. The molecule has 0 saturated heterocycles. The van der Waals surface area contributed by atoms with Crippen molar-refractivity contribution < 1.29 is 17.6 Å². The van der Waals surface area contributed by atoms with Crippen LogP contribution in [0.2, 0.25) is 0 Å². The Morgan fingerprint density at radius 3 is 2.37 bits per heavy atom. The first-order valence-corrected chi connectivity index (χ1v) is 7.30. The van der Waals surface area contributed by atoms with Gasteiger partial charge in [-0.1, -0.05) is 13.8 Å². The summed E-state index contributed by atoms with van der Waals surface area (Å²) in [6.45, 7) is 5.70. The third kappa shape index (κ3) is 4.00. The number of sulfonamides is 1. The molecule has 1 amide bonds. The fourth-order valence-electron chi connectivity index (χ4n) is 1.32. The third-order valence-electron chi connectivity index (χ3n) is 2.86. The molecule has 0 aliphatic carbocycles. The lowest BCUT2D eigenvalue weighted by molar-refractivity contribution is 0.0930. The van der Waals surface area contributed by atoms with E-state index in [0.29, 0.717) is 0 Å². The fraction of sp³-hybridized carbons (Fsp3) is 0.417.